The fourth-order valence-corrected chi connectivity index (χ4v) is 7.58. The Bertz CT molecular complexity index is 2060. The fourth-order valence-electron chi connectivity index (χ4n) is 7.58. The van der Waals surface area contributed by atoms with Gasteiger partial charge in [0, 0.05) is 55.4 Å². The zero-order chi connectivity index (χ0) is 38.4. The van der Waals surface area contributed by atoms with Gasteiger partial charge in [0.25, 0.3) is 0 Å². The highest BCUT2D eigenvalue weighted by atomic mass is 17.2. The first kappa shape index (κ1) is 37.7. The topological polar surface area (TPSA) is 224 Å². The summed E-state index contributed by atoms with van der Waals surface area (Å²) >= 11 is 0. The Kier molecular flexibility index (Phi) is 10.4. The van der Waals surface area contributed by atoms with Crippen molar-refractivity contribution in [2.24, 2.45) is 10.9 Å². The highest BCUT2D eigenvalue weighted by molar-refractivity contribution is 6.12. The molecule has 5 heterocycles. The summed E-state index contributed by atoms with van der Waals surface area (Å²) in [7, 11) is 0. The van der Waals surface area contributed by atoms with Gasteiger partial charge in [-0.3, -0.25) is 14.6 Å². The normalized spacial score (nSPS) is 24.6. The van der Waals surface area contributed by atoms with E-state index in [-0.39, 0.29) is 35.8 Å². The Morgan fingerprint density at radius 3 is 2.63 bits per heavy atom. The van der Waals surface area contributed by atoms with Crippen LogP contribution in [0.5, 0.6) is 11.5 Å². The molecular weight excluding hydrogens is 702 g/mol. The monoisotopic (exact) mass is 747 g/mol. The highest BCUT2D eigenvalue weighted by Gasteiger charge is 2.48. The number of phenolic OH excluding ortho intramolecular Hbond substituents is 1. The number of anilines is 1. The van der Waals surface area contributed by atoms with Crippen LogP contribution in [0.25, 0.3) is 11.0 Å². The van der Waals surface area contributed by atoms with Crippen LogP contribution in [0.3, 0.4) is 0 Å². The number of ether oxygens (including phenoxy) is 1. The minimum Gasteiger partial charge on any atom is -0.508 e. The van der Waals surface area contributed by atoms with Gasteiger partial charge >= 0.3 is 0 Å². The van der Waals surface area contributed by atoms with Crippen molar-refractivity contribution >= 4 is 28.3 Å². The molecule has 7 rings (SSSR count). The number of nitrogens with one attached hydrogen (secondary N) is 1. The molecular formula is C39H45N3O12. The molecule has 288 valence electrons. The van der Waals surface area contributed by atoms with E-state index in [9.17, 15) is 40.2 Å². The number of benzene rings is 2. The molecule has 0 radical (unpaired) electrons. The first-order chi connectivity index (χ1) is 25.8. The van der Waals surface area contributed by atoms with Crippen molar-refractivity contribution in [3.63, 3.8) is 0 Å². The molecule has 15 nitrogen and oxygen atoms in total. The molecule has 7 N–H and O–H groups in total. The standard InChI is InChI=1S/C39H45N3O12/c1-21-11-29(45)27-13-25-14-31(54-51-20-39(50,37(49)34(48)30(46)19-43)15-22-3-5-26(44)6-4-22)38(2,9-7-23-12-32(47)41-16-23)53-35(25)33(36(27)52-21)42-17-24-8-10-40-28(24)18-42/h3-6,8,10-11,13,17,23,30-31,34,37,43-44,46,48-50H,7,9,12,14-16,18-20H2,1-2H3,(H,41,47)/t23-,30-,31-,34-,37+,38-,39+/m1/s1. The number of hydrogen-bond donors (Lipinski definition) is 7. The highest BCUT2D eigenvalue weighted by Crippen LogP contribution is 2.48. The summed E-state index contributed by atoms with van der Waals surface area (Å²) in [6.45, 7) is 2.93. The van der Waals surface area contributed by atoms with Crippen LogP contribution < -0.4 is 20.4 Å². The third-order valence-electron chi connectivity index (χ3n) is 10.8. The molecule has 3 aromatic rings. The summed E-state index contributed by atoms with van der Waals surface area (Å²) < 4.78 is 13.2. The van der Waals surface area contributed by atoms with E-state index in [1.807, 2.05) is 24.1 Å². The Morgan fingerprint density at radius 2 is 1.93 bits per heavy atom. The van der Waals surface area contributed by atoms with E-state index in [0.717, 1.165) is 11.3 Å². The summed E-state index contributed by atoms with van der Waals surface area (Å²) in [5, 5.41) is 66.0. The van der Waals surface area contributed by atoms with Crippen LogP contribution in [0.4, 0.5) is 5.69 Å². The maximum Gasteiger partial charge on any atom is 0.220 e. The number of nitrogens with zero attached hydrogens (tertiary/aromatic N) is 2. The summed E-state index contributed by atoms with van der Waals surface area (Å²) in [4.78, 5) is 43.7. The number of allylic oxidation sites excluding steroid dienone is 1. The lowest BCUT2D eigenvalue weighted by Gasteiger charge is -2.43. The van der Waals surface area contributed by atoms with Gasteiger partial charge in [0.2, 0.25) is 5.91 Å². The third-order valence-corrected chi connectivity index (χ3v) is 10.8. The number of carbonyl (C=O) groups excluding carboxylic acids is 1. The predicted octanol–water partition coefficient (Wildman–Crippen LogP) is 1.45. The molecule has 0 bridgehead atoms. The predicted molar refractivity (Wildman–Crippen MR) is 195 cm³/mol. The Morgan fingerprint density at radius 1 is 1.15 bits per heavy atom. The van der Waals surface area contributed by atoms with Gasteiger partial charge in [-0.05, 0) is 62.4 Å². The smallest absolute Gasteiger partial charge is 0.220 e. The van der Waals surface area contributed by atoms with Crippen LogP contribution in [0.1, 0.15) is 43.1 Å². The number of amides is 1. The number of aryl methyl sites for hydroxylation is 1. The van der Waals surface area contributed by atoms with Crippen LogP contribution >= 0.6 is 0 Å². The zero-order valence-corrected chi connectivity index (χ0v) is 30.0. The lowest BCUT2D eigenvalue weighted by molar-refractivity contribution is -0.371. The fraction of sp³-hybridized carbons (Fsp3) is 0.462. The molecule has 0 saturated carbocycles. The van der Waals surface area contributed by atoms with Crippen LogP contribution in [-0.4, -0.2) is 104 Å². The summed E-state index contributed by atoms with van der Waals surface area (Å²) in [5.41, 5.74) is 0.205. The second-order valence-corrected chi connectivity index (χ2v) is 14.9. The van der Waals surface area contributed by atoms with E-state index < -0.39 is 48.8 Å². The Hall–Kier alpha value is -4.61. The molecule has 0 aliphatic carbocycles. The molecule has 4 aliphatic heterocycles. The van der Waals surface area contributed by atoms with Crippen molar-refractivity contribution in [3.05, 3.63) is 87.6 Å². The third kappa shape index (κ3) is 7.40. The Balaban J connectivity index is 1.23. The number of fused-ring (bicyclic) bond motifs is 3. The number of phenols is 1. The van der Waals surface area contributed by atoms with Gasteiger partial charge in [0.05, 0.1) is 24.2 Å². The van der Waals surface area contributed by atoms with E-state index in [1.54, 1.807) is 19.2 Å². The second kappa shape index (κ2) is 14.9. The summed E-state index contributed by atoms with van der Waals surface area (Å²) in [5.74, 6) is 0.922. The average Bonchev–Trinajstić information content (AvgIpc) is 3.87. The van der Waals surface area contributed by atoms with E-state index in [0.29, 0.717) is 71.6 Å². The number of carbonyl (C=O) groups is 1. The largest absolute Gasteiger partial charge is 0.508 e. The maximum absolute atomic E-state index is 13.4. The van der Waals surface area contributed by atoms with Crippen LogP contribution in [0.15, 0.2) is 74.7 Å². The number of aliphatic imine (C=N–C) groups is 1. The van der Waals surface area contributed by atoms with Crippen LogP contribution in [0, 0.1) is 12.8 Å². The number of rotatable bonds is 14. The molecule has 1 saturated heterocycles. The van der Waals surface area contributed by atoms with Crippen molar-refractivity contribution in [2.75, 3.05) is 31.2 Å². The Labute approximate surface area is 310 Å². The second-order valence-electron chi connectivity index (χ2n) is 14.9. The number of aliphatic hydroxyl groups excluding tert-OH is 4. The summed E-state index contributed by atoms with van der Waals surface area (Å²) in [6.07, 6.45) is 0.235. The molecule has 4 aliphatic rings. The molecule has 2 aromatic carbocycles. The van der Waals surface area contributed by atoms with Gasteiger partial charge in [-0.2, -0.15) is 0 Å². The van der Waals surface area contributed by atoms with Crippen LogP contribution in [-0.2, 0) is 27.4 Å². The lowest BCUT2D eigenvalue weighted by Crippen LogP contribution is -2.58. The minimum atomic E-state index is -2.26. The van der Waals surface area contributed by atoms with Gasteiger partial charge in [-0.15, -0.1) is 0 Å². The first-order valence-corrected chi connectivity index (χ1v) is 18.0. The van der Waals surface area contributed by atoms with Gasteiger partial charge in [-0.25, -0.2) is 9.78 Å². The molecule has 1 fully saturated rings. The van der Waals surface area contributed by atoms with Gasteiger partial charge < -0.3 is 50.0 Å². The molecule has 0 spiro atoms. The molecule has 1 amide bonds. The van der Waals surface area contributed by atoms with Crippen molar-refractivity contribution in [3.8, 4) is 11.5 Å². The van der Waals surface area contributed by atoms with Crippen molar-refractivity contribution < 1.29 is 54.4 Å². The first-order valence-electron chi connectivity index (χ1n) is 18.0. The van der Waals surface area contributed by atoms with Gasteiger partial charge in [-0.1, -0.05) is 12.1 Å². The summed E-state index contributed by atoms with van der Waals surface area (Å²) in [6, 6.07) is 8.95. The van der Waals surface area contributed by atoms with Crippen LogP contribution in [0.2, 0.25) is 0 Å². The SMILES string of the molecule is Cc1cc(=O)c2cc3c(c(N4C=C5C=CN=C5C4)c2o1)O[C@](C)(CC[C@H]1CNC(=O)C1)[C@H](OOC[C@@](O)(Cc1ccc(O)cc1)[C@@H](O)[C@H](O)[C@H](O)CO)C3. The molecule has 0 unspecified atom stereocenters. The van der Waals surface area contributed by atoms with Crippen molar-refractivity contribution in [1.29, 1.82) is 0 Å². The van der Waals surface area contributed by atoms with E-state index >= 15 is 0 Å². The lowest BCUT2D eigenvalue weighted by atomic mass is 9.83. The van der Waals surface area contributed by atoms with Gasteiger partial charge in [0.1, 0.15) is 59.4 Å². The number of aliphatic hydroxyl groups is 5. The number of hydrogen-bond acceptors (Lipinski definition) is 14. The molecule has 7 atom stereocenters. The van der Waals surface area contributed by atoms with Crippen molar-refractivity contribution in [2.45, 2.75) is 81.6 Å². The van der Waals surface area contributed by atoms with E-state index in [4.69, 9.17) is 18.9 Å². The zero-order valence-electron chi connectivity index (χ0n) is 30.0. The van der Waals surface area contributed by atoms with Gasteiger partial charge in [0.15, 0.2) is 16.8 Å². The molecule has 1 aromatic heterocycles. The maximum atomic E-state index is 13.4. The van der Waals surface area contributed by atoms with Crippen molar-refractivity contribution in [1.82, 2.24) is 5.32 Å². The molecule has 54 heavy (non-hydrogen) atoms. The quantitative estimate of drug-likeness (QED) is 0.0918. The molecule has 15 heteroatoms. The van der Waals surface area contributed by atoms with E-state index in [1.165, 1.54) is 30.3 Å². The average molecular weight is 748 g/mol. The van der Waals surface area contributed by atoms with E-state index in [2.05, 4.69) is 10.3 Å². The number of aromatic hydroxyl groups is 1. The minimum absolute atomic E-state index is 0.0218.